The molecule has 1 aliphatic heterocycles. The average Bonchev–Trinajstić information content (AvgIpc) is 2.98. The van der Waals surface area contributed by atoms with Gasteiger partial charge in [-0.1, -0.05) is 59.7 Å². The largest absolute Gasteiger partial charge is 0.352 e. The van der Waals surface area contributed by atoms with E-state index in [1.54, 1.807) is 12.1 Å². The van der Waals surface area contributed by atoms with Crippen molar-refractivity contribution in [3.8, 4) is 0 Å². The standard InChI is InChI=1S/C22H16N2O5/c25-19(12-15-8-5-7-14-6-1-2-9-16(14)15)23-13-20(26)29-24-21(27)17-10-3-4-11-18(17)22(24)28/h1-11H,12-13H2,(H,23,25). The van der Waals surface area contributed by atoms with Crippen LogP contribution >= 0.6 is 0 Å². The number of nitrogens with one attached hydrogen (secondary N) is 1. The van der Waals surface area contributed by atoms with Gasteiger partial charge in [0.25, 0.3) is 11.8 Å². The number of fused-ring (bicyclic) bond motifs is 2. The molecule has 0 unspecified atom stereocenters. The third kappa shape index (κ3) is 3.58. The van der Waals surface area contributed by atoms with Gasteiger partial charge in [0.05, 0.1) is 17.5 Å². The number of nitrogens with zero attached hydrogens (tertiary/aromatic N) is 1. The Morgan fingerprint density at radius 1 is 0.828 bits per heavy atom. The van der Waals surface area contributed by atoms with Gasteiger partial charge in [-0.05, 0) is 28.5 Å². The number of hydrogen-bond acceptors (Lipinski definition) is 5. The van der Waals surface area contributed by atoms with Crippen LogP contribution in [0.3, 0.4) is 0 Å². The molecule has 0 saturated carbocycles. The van der Waals surface area contributed by atoms with E-state index in [9.17, 15) is 19.2 Å². The van der Waals surface area contributed by atoms with Crippen LogP contribution in [0.15, 0.2) is 66.7 Å². The van der Waals surface area contributed by atoms with Gasteiger partial charge in [0.2, 0.25) is 5.91 Å². The number of hydrogen-bond donors (Lipinski definition) is 1. The number of rotatable bonds is 5. The zero-order valence-corrected chi connectivity index (χ0v) is 15.3. The van der Waals surface area contributed by atoms with Crippen molar-refractivity contribution >= 4 is 34.5 Å². The van der Waals surface area contributed by atoms with Gasteiger partial charge >= 0.3 is 5.97 Å². The van der Waals surface area contributed by atoms with Crippen molar-refractivity contribution in [2.75, 3.05) is 6.54 Å². The predicted molar refractivity (Wildman–Crippen MR) is 104 cm³/mol. The maximum Gasteiger partial charge on any atom is 0.352 e. The number of amides is 3. The molecule has 7 heteroatoms. The lowest BCUT2D eigenvalue weighted by Crippen LogP contribution is -2.38. The highest BCUT2D eigenvalue weighted by Gasteiger charge is 2.38. The molecule has 0 saturated heterocycles. The second kappa shape index (κ2) is 7.55. The lowest BCUT2D eigenvalue weighted by Gasteiger charge is -2.13. The molecule has 0 fully saturated rings. The lowest BCUT2D eigenvalue weighted by molar-refractivity contribution is -0.167. The second-order valence-corrected chi connectivity index (χ2v) is 6.51. The van der Waals surface area contributed by atoms with Crippen LogP contribution < -0.4 is 5.32 Å². The summed E-state index contributed by atoms with van der Waals surface area (Å²) in [5.74, 6) is -2.70. The van der Waals surface area contributed by atoms with Gasteiger partial charge in [-0.25, -0.2) is 4.79 Å². The highest BCUT2D eigenvalue weighted by molar-refractivity contribution is 6.20. The van der Waals surface area contributed by atoms with Crippen molar-refractivity contribution in [2.45, 2.75) is 6.42 Å². The highest BCUT2D eigenvalue weighted by atomic mass is 16.7. The van der Waals surface area contributed by atoms with Gasteiger partial charge in [-0.3, -0.25) is 14.4 Å². The van der Waals surface area contributed by atoms with Gasteiger partial charge < -0.3 is 10.2 Å². The molecule has 0 bridgehead atoms. The molecule has 3 aromatic carbocycles. The topological polar surface area (TPSA) is 92.8 Å². The number of carbonyl (C=O) groups excluding carboxylic acids is 4. The molecule has 0 aliphatic carbocycles. The van der Waals surface area contributed by atoms with E-state index in [0.29, 0.717) is 5.06 Å². The molecule has 0 spiro atoms. The van der Waals surface area contributed by atoms with Crippen LogP contribution in [0.25, 0.3) is 10.8 Å². The molecule has 1 N–H and O–H groups in total. The zero-order chi connectivity index (χ0) is 20.4. The normalized spacial score (nSPS) is 12.8. The fourth-order valence-corrected chi connectivity index (χ4v) is 3.24. The van der Waals surface area contributed by atoms with Gasteiger partial charge in [-0.15, -0.1) is 0 Å². The minimum absolute atomic E-state index is 0.0850. The molecule has 3 amide bonds. The average molecular weight is 388 g/mol. The first-order chi connectivity index (χ1) is 14.0. The minimum Gasteiger partial charge on any atom is -0.345 e. The Hall–Kier alpha value is -4.00. The number of hydroxylamine groups is 2. The Morgan fingerprint density at radius 2 is 1.45 bits per heavy atom. The molecule has 0 aromatic heterocycles. The van der Waals surface area contributed by atoms with Crippen molar-refractivity contribution in [1.29, 1.82) is 0 Å². The van der Waals surface area contributed by atoms with Crippen LogP contribution in [0.4, 0.5) is 0 Å². The van der Waals surface area contributed by atoms with Crippen LogP contribution in [0.1, 0.15) is 26.3 Å². The summed E-state index contributed by atoms with van der Waals surface area (Å²) in [7, 11) is 0. The summed E-state index contributed by atoms with van der Waals surface area (Å²) in [6, 6.07) is 19.5. The molecule has 29 heavy (non-hydrogen) atoms. The summed E-state index contributed by atoms with van der Waals surface area (Å²) in [4.78, 5) is 53.5. The van der Waals surface area contributed by atoms with Crippen molar-refractivity contribution in [3.05, 3.63) is 83.4 Å². The Balaban J connectivity index is 1.35. The van der Waals surface area contributed by atoms with E-state index in [2.05, 4.69) is 5.32 Å². The Bertz CT molecular complexity index is 1110. The summed E-state index contributed by atoms with van der Waals surface area (Å²) in [5.41, 5.74) is 1.17. The minimum atomic E-state index is -0.911. The number of imide groups is 1. The van der Waals surface area contributed by atoms with Gasteiger partial charge in [-0.2, -0.15) is 0 Å². The van der Waals surface area contributed by atoms with Crippen molar-refractivity contribution < 1.29 is 24.0 Å². The van der Waals surface area contributed by atoms with E-state index in [1.165, 1.54) is 12.1 Å². The highest BCUT2D eigenvalue weighted by Crippen LogP contribution is 2.22. The number of carbonyl (C=O) groups is 4. The van der Waals surface area contributed by atoms with Gasteiger partial charge in [0, 0.05) is 0 Å². The maximum absolute atomic E-state index is 12.2. The number of benzene rings is 3. The molecular weight excluding hydrogens is 372 g/mol. The summed E-state index contributed by atoms with van der Waals surface area (Å²) in [5, 5.41) is 4.85. The van der Waals surface area contributed by atoms with Crippen molar-refractivity contribution in [2.24, 2.45) is 0 Å². The van der Waals surface area contributed by atoms with E-state index in [0.717, 1.165) is 16.3 Å². The van der Waals surface area contributed by atoms with E-state index < -0.39 is 24.3 Å². The van der Waals surface area contributed by atoms with E-state index >= 15 is 0 Å². The quantitative estimate of drug-likeness (QED) is 0.677. The third-order valence-electron chi connectivity index (χ3n) is 4.61. The Labute approximate surface area is 165 Å². The fraction of sp³-hybridized carbons (Fsp3) is 0.0909. The first-order valence-corrected chi connectivity index (χ1v) is 8.96. The van der Waals surface area contributed by atoms with Crippen LogP contribution in [0.5, 0.6) is 0 Å². The summed E-state index contributed by atoms with van der Waals surface area (Å²) in [6.45, 7) is -0.461. The molecule has 1 aliphatic rings. The van der Waals surface area contributed by atoms with E-state index in [-0.39, 0.29) is 23.5 Å². The lowest BCUT2D eigenvalue weighted by atomic mass is 10.0. The smallest absolute Gasteiger partial charge is 0.345 e. The van der Waals surface area contributed by atoms with E-state index in [4.69, 9.17) is 4.84 Å². The maximum atomic E-state index is 12.2. The zero-order valence-electron chi connectivity index (χ0n) is 15.3. The molecule has 3 aromatic rings. The first-order valence-electron chi connectivity index (χ1n) is 8.96. The Morgan fingerprint density at radius 3 is 2.17 bits per heavy atom. The predicted octanol–water partition coefficient (Wildman–Crippen LogP) is 2.25. The van der Waals surface area contributed by atoms with Crippen LogP contribution in [-0.4, -0.2) is 35.3 Å². The van der Waals surface area contributed by atoms with Gasteiger partial charge in [0.15, 0.2) is 0 Å². The molecule has 4 rings (SSSR count). The molecule has 144 valence electrons. The summed E-state index contributed by atoms with van der Waals surface area (Å²) in [6.07, 6.45) is 0.0850. The van der Waals surface area contributed by atoms with Gasteiger partial charge in [0.1, 0.15) is 6.54 Å². The molecule has 0 atom stereocenters. The second-order valence-electron chi connectivity index (χ2n) is 6.51. The van der Waals surface area contributed by atoms with Crippen LogP contribution in [0.2, 0.25) is 0 Å². The molecule has 7 nitrogen and oxygen atoms in total. The summed E-state index contributed by atoms with van der Waals surface area (Å²) >= 11 is 0. The van der Waals surface area contributed by atoms with Crippen molar-refractivity contribution in [1.82, 2.24) is 10.4 Å². The SMILES string of the molecule is O=C(Cc1cccc2ccccc12)NCC(=O)ON1C(=O)c2ccccc2C1=O. The summed E-state index contributed by atoms with van der Waals surface area (Å²) < 4.78 is 0. The fourth-order valence-electron chi connectivity index (χ4n) is 3.24. The van der Waals surface area contributed by atoms with E-state index in [1.807, 2.05) is 42.5 Å². The van der Waals surface area contributed by atoms with Crippen LogP contribution in [-0.2, 0) is 20.8 Å². The van der Waals surface area contributed by atoms with Crippen LogP contribution in [0, 0.1) is 0 Å². The Kier molecular flexibility index (Phi) is 4.78. The first kappa shape index (κ1) is 18.4. The van der Waals surface area contributed by atoms with Crippen molar-refractivity contribution in [3.63, 3.8) is 0 Å². The third-order valence-corrected chi connectivity index (χ3v) is 4.61. The molecule has 0 radical (unpaired) electrons. The molecule has 1 heterocycles. The monoisotopic (exact) mass is 388 g/mol. The molecular formula is C22H16N2O5.